The first-order chi connectivity index (χ1) is 7.76. The van der Waals surface area contributed by atoms with Crippen molar-refractivity contribution in [2.75, 3.05) is 19.8 Å². The Morgan fingerprint density at radius 1 is 1.35 bits per heavy atom. The van der Waals surface area contributed by atoms with E-state index in [1.54, 1.807) is 12.1 Å². The molecule has 0 aliphatic carbocycles. The molecule has 6 heteroatoms. The summed E-state index contributed by atoms with van der Waals surface area (Å²) in [5.74, 6) is -0.451. The smallest absolute Gasteiger partial charge is 0.240 e. The molecule has 2 N–H and O–H groups in total. The molecule has 0 aliphatic rings. The number of hydrogen-bond acceptors (Lipinski definition) is 4. The fourth-order valence-corrected chi connectivity index (χ4v) is 2.85. The van der Waals surface area contributed by atoms with Crippen LogP contribution in [0.25, 0.3) is 0 Å². The third-order valence-corrected chi connectivity index (χ3v) is 4.48. The zero-order valence-corrected chi connectivity index (χ0v) is 10.9. The van der Waals surface area contributed by atoms with Crippen molar-refractivity contribution in [3.63, 3.8) is 0 Å². The molecule has 0 aromatic heterocycles. The van der Waals surface area contributed by atoms with E-state index in [9.17, 15) is 13.2 Å². The lowest BCUT2D eigenvalue weighted by atomic mass is 10.3. The Morgan fingerprint density at radius 2 is 1.94 bits per heavy atom. The van der Waals surface area contributed by atoms with E-state index in [1.165, 1.54) is 38.1 Å². The van der Waals surface area contributed by atoms with Gasteiger partial charge in [-0.15, -0.1) is 0 Å². The number of nitrogen functional groups attached to an aromatic ring is 1. The molecule has 1 amide bonds. The monoisotopic (exact) mass is 256 g/mol. The largest absolute Gasteiger partial charge is 0.399 e. The number of hydrogen-bond donors (Lipinski definition) is 1. The maximum absolute atomic E-state index is 12.1. The van der Waals surface area contributed by atoms with Crippen LogP contribution in [-0.2, 0) is 14.6 Å². The first-order valence-electron chi connectivity index (χ1n) is 5.07. The topological polar surface area (TPSA) is 80.5 Å². The summed E-state index contributed by atoms with van der Waals surface area (Å²) in [4.78, 5) is 13.0. The van der Waals surface area contributed by atoms with E-state index in [4.69, 9.17) is 5.73 Å². The normalized spacial score (nSPS) is 13.1. The molecule has 0 aliphatic heterocycles. The van der Waals surface area contributed by atoms with Gasteiger partial charge in [-0.2, -0.15) is 0 Å². The van der Waals surface area contributed by atoms with E-state index in [1.807, 2.05) is 0 Å². The summed E-state index contributed by atoms with van der Waals surface area (Å²) in [6, 6.07) is 5.94. The highest BCUT2D eigenvalue weighted by Gasteiger charge is 2.30. The van der Waals surface area contributed by atoms with Gasteiger partial charge >= 0.3 is 0 Å². The van der Waals surface area contributed by atoms with E-state index in [2.05, 4.69) is 0 Å². The Kier molecular flexibility index (Phi) is 3.77. The minimum absolute atomic E-state index is 0.0696. The van der Waals surface area contributed by atoms with Crippen LogP contribution in [0.3, 0.4) is 0 Å². The molecular weight excluding hydrogens is 240 g/mol. The van der Waals surface area contributed by atoms with Crippen LogP contribution < -0.4 is 5.73 Å². The van der Waals surface area contributed by atoms with E-state index < -0.39 is 21.0 Å². The highest BCUT2D eigenvalue weighted by molar-refractivity contribution is 7.92. The Hall–Kier alpha value is -1.56. The van der Waals surface area contributed by atoms with Crippen LogP contribution in [-0.4, -0.2) is 38.6 Å². The van der Waals surface area contributed by atoms with Crippen LogP contribution in [0.1, 0.15) is 6.92 Å². The number of carbonyl (C=O) groups excluding carboxylic acids is 1. The first-order valence-corrected chi connectivity index (χ1v) is 6.62. The maximum Gasteiger partial charge on any atom is 0.240 e. The first kappa shape index (κ1) is 13.5. The van der Waals surface area contributed by atoms with E-state index in [0.717, 1.165) is 0 Å². The molecule has 94 valence electrons. The number of anilines is 1. The maximum atomic E-state index is 12.1. The molecule has 0 radical (unpaired) electrons. The summed E-state index contributed by atoms with van der Waals surface area (Å²) >= 11 is 0. The van der Waals surface area contributed by atoms with Crippen molar-refractivity contribution in [2.24, 2.45) is 0 Å². The lowest BCUT2D eigenvalue weighted by molar-refractivity contribution is -0.127. The van der Waals surface area contributed by atoms with E-state index in [-0.39, 0.29) is 4.90 Å². The van der Waals surface area contributed by atoms with E-state index >= 15 is 0 Å². The van der Waals surface area contributed by atoms with E-state index in [0.29, 0.717) is 5.69 Å². The molecule has 1 aromatic carbocycles. The number of amides is 1. The van der Waals surface area contributed by atoms with Crippen LogP contribution in [0, 0.1) is 0 Å². The Morgan fingerprint density at radius 3 is 2.41 bits per heavy atom. The van der Waals surface area contributed by atoms with Crippen LogP contribution in [0.5, 0.6) is 0 Å². The Labute approximate surface area is 101 Å². The van der Waals surface area contributed by atoms with Crippen molar-refractivity contribution in [2.45, 2.75) is 17.1 Å². The van der Waals surface area contributed by atoms with Gasteiger partial charge in [-0.1, -0.05) is 6.07 Å². The minimum atomic E-state index is -3.68. The van der Waals surface area contributed by atoms with Crippen LogP contribution in [0.15, 0.2) is 29.2 Å². The summed E-state index contributed by atoms with van der Waals surface area (Å²) in [6.07, 6.45) is 0. The fraction of sp³-hybridized carbons (Fsp3) is 0.364. The van der Waals surface area contributed by atoms with Gasteiger partial charge < -0.3 is 10.6 Å². The predicted molar refractivity (Wildman–Crippen MR) is 66.2 cm³/mol. The molecule has 0 fully saturated rings. The van der Waals surface area contributed by atoms with Crippen molar-refractivity contribution in [1.29, 1.82) is 0 Å². The molecule has 1 unspecified atom stereocenters. The molecule has 1 rings (SSSR count). The summed E-state index contributed by atoms with van der Waals surface area (Å²) in [6.45, 7) is 1.38. The van der Waals surface area contributed by atoms with Crippen molar-refractivity contribution in [1.82, 2.24) is 4.90 Å². The highest BCUT2D eigenvalue weighted by atomic mass is 32.2. The Balaban J connectivity index is 3.16. The molecule has 0 bridgehead atoms. The SMILES string of the molecule is CC(C(=O)N(C)C)S(=O)(=O)c1cccc(N)c1. The van der Waals surface area contributed by atoms with Gasteiger partial charge in [-0.25, -0.2) is 8.42 Å². The second-order valence-electron chi connectivity index (χ2n) is 3.99. The van der Waals surface area contributed by atoms with Gasteiger partial charge in [0.05, 0.1) is 4.90 Å². The second-order valence-corrected chi connectivity index (χ2v) is 6.26. The van der Waals surface area contributed by atoms with Crippen molar-refractivity contribution in [3.8, 4) is 0 Å². The summed E-state index contributed by atoms with van der Waals surface area (Å²) < 4.78 is 24.3. The van der Waals surface area contributed by atoms with Crippen molar-refractivity contribution >= 4 is 21.4 Å². The summed E-state index contributed by atoms with van der Waals surface area (Å²) in [5, 5.41) is -1.11. The standard InChI is InChI=1S/C11H16N2O3S/c1-8(11(14)13(2)3)17(15,16)10-6-4-5-9(12)7-10/h4-8H,12H2,1-3H3. The van der Waals surface area contributed by atoms with Gasteiger partial charge in [0.2, 0.25) is 5.91 Å². The molecule has 0 saturated heterocycles. The second kappa shape index (κ2) is 4.75. The summed E-state index contributed by atoms with van der Waals surface area (Å²) in [5.41, 5.74) is 5.89. The van der Waals surface area contributed by atoms with Crippen LogP contribution in [0.2, 0.25) is 0 Å². The average molecular weight is 256 g/mol. The van der Waals surface area contributed by atoms with Gasteiger partial charge in [0.15, 0.2) is 9.84 Å². The minimum Gasteiger partial charge on any atom is -0.399 e. The number of benzene rings is 1. The number of rotatable bonds is 3. The van der Waals surface area contributed by atoms with Gasteiger partial charge in [-0.3, -0.25) is 4.79 Å². The molecule has 1 atom stereocenters. The van der Waals surface area contributed by atoms with Crippen LogP contribution >= 0.6 is 0 Å². The molecule has 17 heavy (non-hydrogen) atoms. The quantitative estimate of drug-likeness (QED) is 0.799. The molecular formula is C11H16N2O3S. The molecule has 0 saturated carbocycles. The number of nitrogens with zero attached hydrogens (tertiary/aromatic N) is 1. The van der Waals surface area contributed by atoms with Gasteiger partial charge in [0.1, 0.15) is 5.25 Å². The predicted octanol–water partition coefficient (Wildman–Crippen LogP) is 0.519. The number of sulfone groups is 1. The number of nitrogens with two attached hydrogens (primary N) is 1. The Bertz CT molecular complexity index is 523. The zero-order valence-electron chi connectivity index (χ0n) is 10.0. The number of carbonyl (C=O) groups is 1. The van der Waals surface area contributed by atoms with Gasteiger partial charge in [0, 0.05) is 19.8 Å². The summed E-state index contributed by atoms with van der Waals surface area (Å²) in [7, 11) is -0.634. The zero-order chi connectivity index (χ0) is 13.2. The van der Waals surface area contributed by atoms with Crippen LogP contribution in [0.4, 0.5) is 5.69 Å². The van der Waals surface area contributed by atoms with Crippen molar-refractivity contribution in [3.05, 3.63) is 24.3 Å². The average Bonchev–Trinajstić information content (AvgIpc) is 2.26. The fourth-order valence-electron chi connectivity index (χ4n) is 1.39. The third kappa shape index (κ3) is 2.76. The van der Waals surface area contributed by atoms with Gasteiger partial charge in [0.25, 0.3) is 0 Å². The molecule has 1 aromatic rings. The lowest BCUT2D eigenvalue weighted by Crippen LogP contribution is -2.37. The lowest BCUT2D eigenvalue weighted by Gasteiger charge is -2.17. The molecule has 0 heterocycles. The van der Waals surface area contributed by atoms with Crippen molar-refractivity contribution < 1.29 is 13.2 Å². The highest BCUT2D eigenvalue weighted by Crippen LogP contribution is 2.19. The third-order valence-electron chi connectivity index (χ3n) is 2.44. The molecule has 0 spiro atoms. The molecule has 5 nitrogen and oxygen atoms in total. The van der Waals surface area contributed by atoms with Gasteiger partial charge in [-0.05, 0) is 25.1 Å².